The van der Waals surface area contributed by atoms with E-state index in [1.165, 1.54) is 12.1 Å². The molecule has 27 heavy (non-hydrogen) atoms. The molecular formula is C21H34N4O2. The summed E-state index contributed by atoms with van der Waals surface area (Å²) in [5, 5.41) is 4.48. The summed E-state index contributed by atoms with van der Waals surface area (Å²) in [5.74, 6) is 0.421. The van der Waals surface area contributed by atoms with E-state index in [0.717, 1.165) is 70.6 Å². The number of likely N-dealkylation sites (tertiary alicyclic amines) is 2. The minimum atomic E-state index is 0.0664. The number of rotatable bonds is 3. The molecule has 0 bridgehead atoms. The van der Waals surface area contributed by atoms with Crippen LogP contribution in [0.15, 0.2) is 6.07 Å². The van der Waals surface area contributed by atoms with E-state index in [-0.39, 0.29) is 17.6 Å². The van der Waals surface area contributed by atoms with Gasteiger partial charge < -0.3 is 9.64 Å². The fourth-order valence-corrected chi connectivity index (χ4v) is 5.49. The summed E-state index contributed by atoms with van der Waals surface area (Å²) in [5.41, 5.74) is 2.44. The molecular weight excluding hydrogens is 340 g/mol. The molecule has 0 aliphatic carbocycles. The van der Waals surface area contributed by atoms with E-state index in [1.54, 1.807) is 0 Å². The Morgan fingerprint density at radius 1 is 1.26 bits per heavy atom. The molecule has 1 aromatic rings. The maximum Gasteiger partial charge on any atom is 0.228 e. The van der Waals surface area contributed by atoms with Crippen LogP contribution >= 0.6 is 0 Å². The Labute approximate surface area is 162 Å². The number of carbonyl (C=O) groups is 1. The molecule has 3 saturated heterocycles. The van der Waals surface area contributed by atoms with Crippen LogP contribution in [0.5, 0.6) is 0 Å². The molecule has 1 spiro atoms. The van der Waals surface area contributed by atoms with E-state index in [0.29, 0.717) is 5.91 Å². The number of ether oxygens (including phenoxy) is 1. The van der Waals surface area contributed by atoms with E-state index in [4.69, 9.17) is 4.74 Å². The lowest BCUT2D eigenvalue weighted by atomic mass is 9.86. The first-order valence-corrected chi connectivity index (χ1v) is 10.6. The molecule has 0 aromatic carbocycles. The summed E-state index contributed by atoms with van der Waals surface area (Å²) in [4.78, 5) is 18.1. The predicted molar refractivity (Wildman–Crippen MR) is 104 cm³/mol. The van der Waals surface area contributed by atoms with Gasteiger partial charge in [-0.15, -0.1) is 0 Å². The van der Waals surface area contributed by atoms with Gasteiger partial charge in [0.1, 0.15) is 0 Å². The van der Waals surface area contributed by atoms with Crippen molar-refractivity contribution in [2.45, 2.75) is 70.6 Å². The van der Waals surface area contributed by atoms with Crippen molar-refractivity contribution in [3.05, 3.63) is 17.5 Å². The molecule has 1 amide bonds. The Morgan fingerprint density at radius 2 is 2.04 bits per heavy atom. The Kier molecular flexibility index (Phi) is 5.30. The van der Waals surface area contributed by atoms with Gasteiger partial charge in [0, 0.05) is 38.8 Å². The van der Waals surface area contributed by atoms with Crippen LogP contribution in [-0.2, 0) is 23.1 Å². The minimum Gasteiger partial charge on any atom is -0.378 e. The minimum absolute atomic E-state index is 0.0664. The van der Waals surface area contributed by atoms with Gasteiger partial charge in [0.05, 0.1) is 23.4 Å². The third-order valence-corrected chi connectivity index (χ3v) is 7.05. The van der Waals surface area contributed by atoms with Crippen molar-refractivity contribution in [2.24, 2.45) is 13.0 Å². The molecule has 4 heterocycles. The highest BCUT2D eigenvalue weighted by Crippen LogP contribution is 2.40. The van der Waals surface area contributed by atoms with Crippen LogP contribution in [0.25, 0.3) is 0 Å². The summed E-state index contributed by atoms with van der Waals surface area (Å²) < 4.78 is 7.68. The topological polar surface area (TPSA) is 50.6 Å². The van der Waals surface area contributed by atoms with E-state index in [2.05, 4.69) is 34.8 Å². The predicted octanol–water partition coefficient (Wildman–Crippen LogP) is 2.50. The average Bonchev–Trinajstić information content (AvgIpc) is 3.27. The zero-order valence-corrected chi connectivity index (χ0v) is 17.1. The SMILES string of the molecule is Cc1cc(CN2CCC[C@]3(CCCN3C(=O)[C@H]3CCO[C@H]3C)CC2)n(C)n1. The lowest BCUT2D eigenvalue weighted by Gasteiger charge is -2.40. The van der Waals surface area contributed by atoms with Crippen molar-refractivity contribution in [3.63, 3.8) is 0 Å². The summed E-state index contributed by atoms with van der Waals surface area (Å²) in [7, 11) is 2.03. The number of hydrogen-bond donors (Lipinski definition) is 0. The van der Waals surface area contributed by atoms with Crippen molar-refractivity contribution in [2.75, 3.05) is 26.2 Å². The highest BCUT2D eigenvalue weighted by molar-refractivity contribution is 5.80. The number of carbonyl (C=O) groups excluding carboxylic acids is 1. The Morgan fingerprint density at radius 3 is 2.70 bits per heavy atom. The third kappa shape index (κ3) is 3.66. The highest BCUT2D eigenvalue weighted by atomic mass is 16.5. The highest BCUT2D eigenvalue weighted by Gasteiger charge is 2.47. The van der Waals surface area contributed by atoms with Crippen molar-refractivity contribution in [3.8, 4) is 0 Å². The van der Waals surface area contributed by atoms with Crippen LogP contribution in [0.4, 0.5) is 0 Å². The van der Waals surface area contributed by atoms with Gasteiger partial charge in [-0.25, -0.2) is 0 Å². The summed E-state index contributed by atoms with van der Waals surface area (Å²) in [6.07, 6.45) is 6.67. The first kappa shape index (κ1) is 18.9. The molecule has 6 nitrogen and oxygen atoms in total. The van der Waals surface area contributed by atoms with Gasteiger partial charge in [-0.3, -0.25) is 14.4 Å². The number of aromatic nitrogens is 2. The largest absolute Gasteiger partial charge is 0.378 e. The molecule has 4 rings (SSSR count). The second-order valence-electron chi connectivity index (χ2n) is 8.82. The zero-order chi connectivity index (χ0) is 19.0. The Hall–Kier alpha value is -1.40. The van der Waals surface area contributed by atoms with Crippen molar-refractivity contribution in [1.82, 2.24) is 19.6 Å². The maximum atomic E-state index is 13.3. The Balaban J connectivity index is 1.44. The van der Waals surface area contributed by atoms with Gasteiger partial charge in [0.15, 0.2) is 0 Å². The fraction of sp³-hybridized carbons (Fsp3) is 0.810. The van der Waals surface area contributed by atoms with Gasteiger partial charge in [-0.2, -0.15) is 5.10 Å². The van der Waals surface area contributed by atoms with Gasteiger partial charge >= 0.3 is 0 Å². The smallest absolute Gasteiger partial charge is 0.228 e. The lowest BCUT2D eigenvalue weighted by Crippen LogP contribution is -2.51. The number of nitrogens with zero attached hydrogens (tertiary/aromatic N) is 4. The van der Waals surface area contributed by atoms with Gasteiger partial charge in [-0.05, 0) is 65.0 Å². The van der Waals surface area contributed by atoms with Crippen LogP contribution in [0, 0.1) is 12.8 Å². The number of amides is 1. The monoisotopic (exact) mass is 374 g/mol. The van der Waals surface area contributed by atoms with Crippen molar-refractivity contribution in [1.29, 1.82) is 0 Å². The van der Waals surface area contributed by atoms with Crippen LogP contribution in [0.3, 0.4) is 0 Å². The maximum absolute atomic E-state index is 13.3. The normalized spacial score (nSPS) is 32.3. The van der Waals surface area contributed by atoms with Gasteiger partial charge in [0.25, 0.3) is 0 Å². The van der Waals surface area contributed by atoms with E-state index >= 15 is 0 Å². The van der Waals surface area contributed by atoms with Gasteiger partial charge in [0.2, 0.25) is 5.91 Å². The molecule has 3 aliphatic rings. The summed E-state index contributed by atoms with van der Waals surface area (Å²) in [6.45, 7) is 8.90. The Bertz CT molecular complexity index is 688. The number of aryl methyl sites for hydroxylation is 2. The van der Waals surface area contributed by atoms with Crippen LogP contribution in [0.2, 0.25) is 0 Å². The molecule has 1 aromatic heterocycles. The van der Waals surface area contributed by atoms with Gasteiger partial charge in [-0.1, -0.05) is 0 Å². The molecule has 3 atom stereocenters. The number of hydrogen-bond acceptors (Lipinski definition) is 4. The molecule has 6 heteroatoms. The molecule has 0 saturated carbocycles. The lowest BCUT2D eigenvalue weighted by molar-refractivity contribution is -0.141. The van der Waals surface area contributed by atoms with Crippen LogP contribution in [0.1, 0.15) is 56.8 Å². The first-order valence-electron chi connectivity index (χ1n) is 10.6. The molecule has 3 fully saturated rings. The van der Waals surface area contributed by atoms with E-state index in [1.807, 2.05) is 11.7 Å². The average molecular weight is 375 g/mol. The van der Waals surface area contributed by atoms with Crippen molar-refractivity contribution < 1.29 is 9.53 Å². The molecule has 0 unspecified atom stereocenters. The summed E-state index contributed by atoms with van der Waals surface area (Å²) >= 11 is 0. The standard InChI is InChI=1S/C21H34N4O2/c1-16-14-18(23(3)22-16)15-24-10-4-7-21(9-12-24)8-5-11-25(21)20(26)19-6-13-27-17(19)2/h14,17,19H,4-13,15H2,1-3H3/t17-,19-,21-/m0/s1. The zero-order valence-electron chi connectivity index (χ0n) is 17.1. The van der Waals surface area contributed by atoms with Crippen LogP contribution < -0.4 is 0 Å². The van der Waals surface area contributed by atoms with Crippen LogP contribution in [-0.4, -0.2) is 63.4 Å². The quantitative estimate of drug-likeness (QED) is 0.816. The van der Waals surface area contributed by atoms with E-state index < -0.39 is 0 Å². The first-order chi connectivity index (χ1) is 13.0. The molecule has 0 N–H and O–H groups in total. The third-order valence-electron chi connectivity index (χ3n) is 7.05. The fourth-order valence-electron chi connectivity index (χ4n) is 5.49. The van der Waals surface area contributed by atoms with Crippen molar-refractivity contribution >= 4 is 5.91 Å². The summed E-state index contributed by atoms with van der Waals surface area (Å²) in [6, 6.07) is 2.19. The molecule has 0 radical (unpaired) electrons. The molecule has 3 aliphatic heterocycles. The second kappa shape index (κ2) is 7.55. The molecule has 150 valence electrons. The second-order valence-corrected chi connectivity index (χ2v) is 8.82. The van der Waals surface area contributed by atoms with E-state index in [9.17, 15) is 4.79 Å².